The first kappa shape index (κ1) is 24.7. The molecule has 2 bridgehead atoms. The fourth-order valence-electron chi connectivity index (χ4n) is 6.06. The van der Waals surface area contributed by atoms with Crippen molar-refractivity contribution in [1.82, 2.24) is 4.98 Å². The van der Waals surface area contributed by atoms with Crippen LogP contribution in [0.3, 0.4) is 0 Å². The van der Waals surface area contributed by atoms with Crippen LogP contribution in [-0.2, 0) is 31.6 Å². The Hall–Kier alpha value is -2.66. The molecule has 1 aromatic heterocycles. The molecule has 1 aliphatic heterocycles. The van der Waals surface area contributed by atoms with Crippen molar-refractivity contribution in [3.8, 4) is 5.88 Å². The van der Waals surface area contributed by atoms with E-state index in [0.717, 1.165) is 17.2 Å². The van der Waals surface area contributed by atoms with E-state index in [0.29, 0.717) is 12.7 Å². The first-order valence-corrected chi connectivity index (χ1v) is 12.3. The van der Waals surface area contributed by atoms with Crippen molar-refractivity contribution in [2.75, 3.05) is 6.61 Å². The molecule has 1 saturated heterocycles. The van der Waals surface area contributed by atoms with Crippen LogP contribution < -0.4 is 10.2 Å². The standard InChI is InChI=1S/C26H26BF4NO5/c1-6-34-22(33)25-19-13-8-18(32-10-14(13)20(25)21(19)25)35-11-12-7-16(15(9-17(12)28)26(29,30)31)27-36-23(2,3)24(4,5)37-27/h7-10,19-21H,6,11H2,1-5H3/t19?,20-,21+,25-/m0/s1. The van der Waals surface area contributed by atoms with Crippen molar-refractivity contribution in [2.24, 2.45) is 11.3 Å². The third-order valence-corrected chi connectivity index (χ3v) is 8.73. The number of alkyl halides is 3. The number of carbonyl (C=O) groups is 1. The summed E-state index contributed by atoms with van der Waals surface area (Å²) in [4.78, 5) is 16.7. The number of hydrogen-bond acceptors (Lipinski definition) is 6. The monoisotopic (exact) mass is 519 g/mol. The fourth-order valence-corrected chi connectivity index (χ4v) is 6.06. The minimum absolute atomic E-state index is 0.0784. The number of halogens is 4. The van der Waals surface area contributed by atoms with Gasteiger partial charge in [-0.3, -0.25) is 4.79 Å². The minimum Gasteiger partial charge on any atom is -0.473 e. The van der Waals surface area contributed by atoms with Gasteiger partial charge in [0.05, 0.1) is 28.8 Å². The molecule has 1 unspecified atom stereocenters. The largest absolute Gasteiger partial charge is 0.495 e. The van der Waals surface area contributed by atoms with Gasteiger partial charge in [-0.2, -0.15) is 13.2 Å². The van der Waals surface area contributed by atoms with Gasteiger partial charge in [-0.25, -0.2) is 9.37 Å². The number of carbonyl (C=O) groups excluding carboxylic acids is 1. The average molecular weight is 519 g/mol. The van der Waals surface area contributed by atoms with Crippen LogP contribution >= 0.6 is 0 Å². The van der Waals surface area contributed by atoms with E-state index >= 15 is 0 Å². The second kappa shape index (κ2) is 7.47. The number of aromatic nitrogens is 1. The lowest BCUT2D eigenvalue weighted by molar-refractivity contribution is -0.147. The normalized spacial score (nSPS) is 29.5. The molecule has 4 atom stereocenters. The van der Waals surface area contributed by atoms with E-state index < -0.39 is 41.3 Å². The van der Waals surface area contributed by atoms with Gasteiger partial charge in [0.25, 0.3) is 0 Å². The van der Waals surface area contributed by atoms with E-state index in [1.807, 2.05) is 0 Å². The molecule has 5 aliphatic rings. The maximum absolute atomic E-state index is 14.8. The molecule has 0 amide bonds. The second-order valence-corrected chi connectivity index (χ2v) is 11.2. The number of benzene rings is 1. The van der Waals surface area contributed by atoms with E-state index in [-0.39, 0.29) is 47.2 Å². The molecule has 2 saturated carbocycles. The molecule has 7 rings (SSSR count). The third kappa shape index (κ3) is 3.32. The molecule has 4 aliphatic carbocycles. The van der Waals surface area contributed by atoms with Crippen molar-refractivity contribution in [1.29, 1.82) is 0 Å². The SMILES string of the molecule is CCOC(=O)[C@@]12C3c4cc(OCc5cc(B6OC(C)(C)C(C)(C)O6)c(C(F)(F)F)cc5F)ncc4[C@H]1[C@@H]32. The number of esters is 1. The highest BCUT2D eigenvalue weighted by Crippen LogP contribution is 2.97. The van der Waals surface area contributed by atoms with Crippen molar-refractivity contribution in [2.45, 2.75) is 70.4 Å². The van der Waals surface area contributed by atoms with Crippen molar-refractivity contribution >= 4 is 18.6 Å². The molecule has 3 fully saturated rings. The van der Waals surface area contributed by atoms with Crippen LogP contribution in [0.2, 0.25) is 0 Å². The molecule has 0 radical (unpaired) electrons. The fraction of sp³-hybridized carbons (Fsp3) is 0.538. The van der Waals surface area contributed by atoms with Gasteiger partial charge in [-0.15, -0.1) is 0 Å². The number of nitrogens with zero attached hydrogens (tertiary/aromatic N) is 1. The first-order chi connectivity index (χ1) is 17.2. The van der Waals surface area contributed by atoms with Crippen molar-refractivity contribution < 1.29 is 41.1 Å². The Morgan fingerprint density at radius 3 is 2.35 bits per heavy atom. The van der Waals surface area contributed by atoms with Crippen LogP contribution in [-0.4, -0.2) is 35.9 Å². The highest BCUT2D eigenvalue weighted by atomic mass is 19.4. The molecule has 2 heterocycles. The summed E-state index contributed by atoms with van der Waals surface area (Å²) in [6, 6.07) is 3.28. The molecular weight excluding hydrogens is 493 g/mol. The number of ether oxygens (including phenoxy) is 2. The van der Waals surface area contributed by atoms with Crippen LogP contribution in [0.25, 0.3) is 0 Å². The quantitative estimate of drug-likeness (QED) is 0.319. The van der Waals surface area contributed by atoms with Crippen LogP contribution in [0, 0.1) is 17.2 Å². The zero-order valence-corrected chi connectivity index (χ0v) is 21.0. The smallest absolute Gasteiger partial charge is 0.473 e. The number of pyridine rings is 1. The maximum atomic E-state index is 14.8. The topological polar surface area (TPSA) is 66.9 Å². The summed E-state index contributed by atoms with van der Waals surface area (Å²) in [5.41, 5.74) is -1.79. The van der Waals surface area contributed by atoms with Gasteiger partial charge < -0.3 is 18.8 Å². The molecule has 0 spiro atoms. The predicted molar refractivity (Wildman–Crippen MR) is 124 cm³/mol. The van der Waals surface area contributed by atoms with Gasteiger partial charge in [0.15, 0.2) is 0 Å². The first-order valence-electron chi connectivity index (χ1n) is 12.3. The van der Waals surface area contributed by atoms with E-state index in [1.165, 1.54) is 0 Å². The molecule has 37 heavy (non-hydrogen) atoms. The Labute approximate surface area is 211 Å². The summed E-state index contributed by atoms with van der Waals surface area (Å²) in [5.74, 6) is -0.579. The van der Waals surface area contributed by atoms with E-state index in [4.69, 9.17) is 18.8 Å². The van der Waals surface area contributed by atoms with Crippen LogP contribution in [0.4, 0.5) is 17.6 Å². The molecule has 11 heteroatoms. The van der Waals surface area contributed by atoms with Crippen LogP contribution in [0.15, 0.2) is 24.4 Å². The van der Waals surface area contributed by atoms with Gasteiger partial charge in [0.1, 0.15) is 12.4 Å². The molecule has 0 N–H and O–H groups in total. The molecule has 196 valence electrons. The Kier molecular flexibility index (Phi) is 4.98. The zero-order chi connectivity index (χ0) is 26.7. The predicted octanol–water partition coefficient (Wildman–Crippen LogP) is 4.49. The highest BCUT2D eigenvalue weighted by Gasteiger charge is 2.95. The lowest BCUT2D eigenvalue weighted by atomic mass is 9.75. The van der Waals surface area contributed by atoms with E-state index in [9.17, 15) is 22.4 Å². The summed E-state index contributed by atoms with van der Waals surface area (Å²) in [7, 11) is -1.33. The lowest BCUT2D eigenvalue weighted by Crippen LogP contribution is -2.41. The molecule has 6 nitrogen and oxygen atoms in total. The summed E-state index contributed by atoms with van der Waals surface area (Å²) < 4.78 is 78.8. The minimum atomic E-state index is -4.81. The summed E-state index contributed by atoms with van der Waals surface area (Å²) in [6.07, 6.45) is -3.14. The number of rotatable bonds is 6. The highest BCUT2D eigenvalue weighted by molar-refractivity contribution is 6.62. The van der Waals surface area contributed by atoms with Crippen LogP contribution in [0.5, 0.6) is 5.88 Å². The van der Waals surface area contributed by atoms with Gasteiger partial charge in [0.2, 0.25) is 5.88 Å². The Morgan fingerprint density at radius 2 is 1.73 bits per heavy atom. The van der Waals surface area contributed by atoms with E-state index in [2.05, 4.69) is 4.98 Å². The molecular formula is C26H26BF4NO5. The maximum Gasteiger partial charge on any atom is 0.495 e. The average Bonchev–Trinajstić information content (AvgIpc) is 3.54. The summed E-state index contributed by atoms with van der Waals surface area (Å²) in [5, 5.41) is 0. The van der Waals surface area contributed by atoms with Crippen molar-refractivity contribution in [3.63, 3.8) is 0 Å². The lowest BCUT2D eigenvalue weighted by Gasteiger charge is -2.32. The zero-order valence-electron chi connectivity index (χ0n) is 21.0. The van der Waals surface area contributed by atoms with Gasteiger partial charge in [-0.1, -0.05) is 6.07 Å². The molecule has 1 aromatic carbocycles. The van der Waals surface area contributed by atoms with E-state index in [1.54, 1.807) is 46.9 Å². The number of hydrogen-bond donors (Lipinski definition) is 0. The van der Waals surface area contributed by atoms with Crippen molar-refractivity contribution in [3.05, 3.63) is 52.5 Å². The Morgan fingerprint density at radius 1 is 1.08 bits per heavy atom. The second-order valence-electron chi connectivity index (χ2n) is 11.2. The Bertz CT molecular complexity index is 1310. The Balaban J connectivity index is 1.24. The molecule has 2 aromatic rings. The van der Waals surface area contributed by atoms with Crippen LogP contribution in [0.1, 0.15) is 68.7 Å². The van der Waals surface area contributed by atoms with Gasteiger partial charge in [0, 0.05) is 29.7 Å². The van der Waals surface area contributed by atoms with Gasteiger partial charge >= 0.3 is 19.3 Å². The van der Waals surface area contributed by atoms with Gasteiger partial charge in [-0.05, 0) is 63.2 Å². The third-order valence-electron chi connectivity index (χ3n) is 8.73. The summed E-state index contributed by atoms with van der Waals surface area (Å²) >= 11 is 0. The summed E-state index contributed by atoms with van der Waals surface area (Å²) in [6.45, 7) is 8.66.